The van der Waals surface area contributed by atoms with Crippen molar-refractivity contribution in [3.8, 4) is 5.75 Å². The molecule has 1 unspecified atom stereocenters. The molecule has 0 aliphatic carbocycles. The van der Waals surface area contributed by atoms with Crippen LogP contribution in [-0.2, 0) is 12.8 Å². The second-order valence-corrected chi connectivity index (χ2v) is 7.39. The number of nitrogens with zero attached hydrogens (tertiary/aromatic N) is 3. The molecule has 0 spiro atoms. The first kappa shape index (κ1) is 22.6. The predicted octanol–water partition coefficient (Wildman–Crippen LogP) is 2.15. The van der Waals surface area contributed by atoms with Crippen molar-refractivity contribution in [1.82, 2.24) is 15.6 Å². The maximum Gasteiger partial charge on any atom is 0.269 e. The molecule has 158 valence electrons. The Balaban J connectivity index is 1.76. The first-order valence-electron chi connectivity index (χ1n) is 9.52. The summed E-state index contributed by atoms with van der Waals surface area (Å²) in [5.74, 6) is 1.08. The van der Waals surface area contributed by atoms with E-state index in [2.05, 4.69) is 27.5 Å². The number of aliphatic hydroxyl groups is 1. The minimum absolute atomic E-state index is 0.00692. The Morgan fingerprint density at radius 1 is 1.34 bits per heavy atom. The summed E-state index contributed by atoms with van der Waals surface area (Å²) in [6.45, 7) is 5.69. The average Bonchev–Trinajstić information content (AvgIpc) is 3.18. The van der Waals surface area contributed by atoms with Crippen molar-refractivity contribution in [2.75, 3.05) is 26.2 Å². The molecule has 2 rings (SSSR count). The number of aliphatic imine (C=N–C) groups is 1. The van der Waals surface area contributed by atoms with Crippen LogP contribution in [0, 0.1) is 10.1 Å². The third-order valence-corrected chi connectivity index (χ3v) is 5.08. The van der Waals surface area contributed by atoms with Crippen molar-refractivity contribution >= 4 is 23.0 Å². The van der Waals surface area contributed by atoms with Crippen LogP contribution in [0.15, 0.2) is 35.5 Å². The second kappa shape index (κ2) is 12.0. The van der Waals surface area contributed by atoms with Gasteiger partial charge in [0.2, 0.25) is 0 Å². The highest BCUT2D eigenvalue weighted by atomic mass is 32.1. The monoisotopic (exact) mass is 421 g/mol. The van der Waals surface area contributed by atoms with Crippen molar-refractivity contribution in [3.63, 3.8) is 0 Å². The van der Waals surface area contributed by atoms with Crippen LogP contribution < -0.4 is 15.4 Å². The Kier molecular flexibility index (Phi) is 9.32. The normalized spacial score (nSPS) is 12.4. The largest absolute Gasteiger partial charge is 0.491 e. The lowest BCUT2D eigenvalue weighted by atomic mass is 10.3. The summed E-state index contributed by atoms with van der Waals surface area (Å²) in [5.41, 5.74) is -0.00692. The number of thiazole rings is 1. The van der Waals surface area contributed by atoms with Gasteiger partial charge in [0, 0.05) is 42.7 Å². The van der Waals surface area contributed by atoms with Gasteiger partial charge in [0.15, 0.2) is 5.96 Å². The van der Waals surface area contributed by atoms with Crippen LogP contribution in [-0.4, -0.2) is 53.3 Å². The topological polar surface area (TPSA) is 122 Å². The molecule has 1 heterocycles. The maximum atomic E-state index is 10.6. The zero-order valence-corrected chi connectivity index (χ0v) is 17.4. The number of nitro groups is 1. The summed E-state index contributed by atoms with van der Waals surface area (Å²) in [6.07, 6.45) is 2.92. The summed E-state index contributed by atoms with van der Waals surface area (Å²) in [4.78, 5) is 20.2. The fourth-order valence-electron chi connectivity index (χ4n) is 2.36. The van der Waals surface area contributed by atoms with Crippen LogP contribution in [0.5, 0.6) is 5.75 Å². The van der Waals surface area contributed by atoms with Crippen LogP contribution in [0.3, 0.4) is 0 Å². The first-order chi connectivity index (χ1) is 14.0. The number of hydrogen-bond acceptors (Lipinski definition) is 7. The van der Waals surface area contributed by atoms with Gasteiger partial charge in [-0.05, 0) is 25.5 Å². The number of nitro benzene ring substituents is 1. The molecule has 0 saturated heterocycles. The Hall–Kier alpha value is -2.72. The zero-order chi connectivity index (χ0) is 21.1. The molecule has 9 nitrogen and oxygen atoms in total. The molecular formula is C19H27N5O4S. The van der Waals surface area contributed by atoms with Gasteiger partial charge in [-0.1, -0.05) is 6.92 Å². The molecule has 0 fully saturated rings. The van der Waals surface area contributed by atoms with Gasteiger partial charge in [-0.3, -0.25) is 15.1 Å². The van der Waals surface area contributed by atoms with Gasteiger partial charge in [0.25, 0.3) is 5.69 Å². The maximum absolute atomic E-state index is 10.6. The molecule has 1 aromatic heterocycles. The van der Waals surface area contributed by atoms with Gasteiger partial charge in [-0.15, -0.1) is 11.3 Å². The van der Waals surface area contributed by atoms with E-state index in [4.69, 9.17) is 4.74 Å². The molecule has 0 bridgehead atoms. The second-order valence-electron chi connectivity index (χ2n) is 6.19. The molecular weight excluding hydrogens is 394 g/mol. The SMILES string of the molecule is CCNC(=NCC(O)COc1ccc([N+](=O)[O-])cc1)NCCc1ncc(CC)s1. The molecule has 29 heavy (non-hydrogen) atoms. The Labute approximate surface area is 174 Å². The van der Waals surface area contributed by atoms with Crippen molar-refractivity contribution < 1.29 is 14.8 Å². The number of nitrogens with one attached hydrogen (secondary N) is 2. The average molecular weight is 422 g/mol. The van der Waals surface area contributed by atoms with E-state index in [1.54, 1.807) is 11.3 Å². The molecule has 3 N–H and O–H groups in total. The highest BCUT2D eigenvalue weighted by Gasteiger charge is 2.08. The molecule has 1 atom stereocenters. The Bertz CT molecular complexity index is 794. The Morgan fingerprint density at radius 3 is 2.72 bits per heavy atom. The Morgan fingerprint density at radius 2 is 2.10 bits per heavy atom. The number of aromatic nitrogens is 1. The number of rotatable bonds is 11. The third-order valence-electron chi connectivity index (χ3n) is 3.88. The number of benzene rings is 1. The fourth-order valence-corrected chi connectivity index (χ4v) is 3.22. The van der Waals surface area contributed by atoms with E-state index in [-0.39, 0.29) is 18.8 Å². The number of aryl methyl sites for hydroxylation is 1. The van der Waals surface area contributed by atoms with Crippen LogP contribution in [0.25, 0.3) is 0 Å². The van der Waals surface area contributed by atoms with Crippen LogP contribution >= 0.6 is 11.3 Å². The van der Waals surface area contributed by atoms with E-state index in [0.29, 0.717) is 24.8 Å². The molecule has 1 aromatic carbocycles. The number of hydrogen-bond donors (Lipinski definition) is 3. The van der Waals surface area contributed by atoms with Crippen LogP contribution in [0.2, 0.25) is 0 Å². The minimum atomic E-state index is -0.799. The third kappa shape index (κ3) is 8.04. The summed E-state index contributed by atoms with van der Waals surface area (Å²) in [6, 6.07) is 5.72. The summed E-state index contributed by atoms with van der Waals surface area (Å²) in [7, 11) is 0. The van der Waals surface area contributed by atoms with Gasteiger partial charge < -0.3 is 20.5 Å². The van der Waals surface area contributed by atoms with E-state index in [1.165, 1.54) is 29.1 Å². The predicted molar refractivity (Wildman–Crippen MR) is 114 cm³/mol. The van der Waals surface area contributed by atoms with Gasteiger partial charge in [0.1, 0.15) is 18.5 Å². The number of guanidine groups is 1. The lowest BCUT2D eigenvalue weighted by molar-refractivity contribution is -0.384. The smallest absolute Gasteiger partial charge is 0.269 e. The molecule has 0 amide bonds. The van der Waals surface area contributed by atoms with E-state index >= 15 is 0 Å². The molecule has 0 radical (unpaired) electrons. The lowest BCUT2D eigenvalue weighted by Crippen LogP contribution is -2.39. The van der Waals surface area contributed by atoms with Gasteiger partial charge in [-0.2, -0.15) is 0 Å². The van der Waals surface area contributed by atoms with Crippen LogP contribution in [0.1, 0.15) is 23.7 Å². The highest BCUT2D eigenvalue weighted by Crippen LogP contribution is 2.17. The van der Waals surface area contributed by atoms with E-state index in [0.717, 1.165) is 17.8 Å². The molecule has 10 heteroatoms. The van der Waals surface area contributed by atoms with Crippen molar-refractivity contribution in [2.24, 2.45) is 4.99 Å². The van der Waals surface area contributed by atoms with E-state index in [1.807, 2.05) is 13.1 Å². The molecule has 2 aromatic rings. The first-order valence-corrected chi connectivity index (χ1v) is 10.3. The van der Waals surface area contributed by atoms with Crippen molar-refractivity contribution in [1.29, 1.82) is 0 Å². The molecule has 0 saturated carbocycles. The van der Waals surface area contributed by atoms with Crippen LogP contribution in [0.4, 0.5) is 5.69 Å². The highest BCUT2D eigenvalue weighted by molar-refractivity contribution is 7.11. The number of ether oxygens (including phenoxy) is 1. The van der Waals surface area contributed by atoms with E-state index < -0.39 is 11.0 Å². The standard InChI is InChI=1S/C19H27N5O4S/c1-3-17-12-22-18(29-17)9-10-21-19(20-4-2)23-11-15(25)13-28-16-7-5-14(6-8-16)24(26)27/h5-8,12,15,25H,3-4,9-11,13H2,1-2H3,(H2,20,21,23). The van der Waals surface area contributed by atoms with Crippen molar-refractivity contribution in [3.05, 3.63) is 50.5 Å². The van der Waals surface area contributed by atoms with Gasteiger partial charge in [-0.25, -0.2) is 4.98 Å². The molecule has 0 aliphatic rings. The lowest BCUT2D eigenvalue weighted by Gasteiger charge is -2.13. The molecule has 0 aliphatic heterocycles. The summed E-state index contributed by atoms with van der Waals surface area (Å²) < 4.78 is 5.46. The van der Waals surface area contributed by atoms with Gasteiger partial charge in [0.05, 0.1) is 16.5 Å². The van der Waals surface area contributed by atoms with E-state index in [9.17, 15) is 15.2 Å². The number of aliphatic hydroxyl groups excluding tert-OH is 1. The van der Waals surface area contributed by atoms with Crippen molar-refractivity contribution in [2.45, 2.75) is 32.8 Å². The summed E-state index contributed by atoms with van der Waals surface area (Å²) >= 11 is 1.72. The fraction of sp³-hybridized carbons (Fsp3) is 0.474. The number of non-ortho nitro benzene ring substituents is 1. The minimum Gasteiger partial charge on any atom is -0.491 e. The zero-order valence-electron chi connectivity index (χ0n) is 16.6. The summed E-state index contributed by atoms with van der Waals surface area (Å²) in [5, 5.41) is 28.2. The van der Waals surface area contributed by atoms with Gasteiger partial charge >= 0.3 is 0 Å². The quantitative estimate of drug-likeness (QED) is 0.220.